The second-order valence-electron chi connectivity index (χ2n) is 2.56. The van der Waals surface area contributed by atoms with Gasteiger partial charge in [-0.05, 0) is 13.0 Å². The molecule has 0 unspecified atom stereocenters. The largest absolute Gasteiger partial charge is 0.325 e. The Bertz CT molecular complexity index is 405. The van der Waals surface area contributed by atoms with E-state index in [1.54, 1.807) is 4.52 Å². The minimum Gasteiger partial charge on any atom is -0.325 e. The summed E-state index contributed by atoms with van der Waals surface area (Å²) in [5.41, 5.74) is 7.37. The molecule has 2 aromatic rings. The minimum atomic E-state index is 0.448. The Balaban J connectivity index is 2.80. The lowest BCUT2D eigenvalue weighted by atomic mass is 10.3. The van der Waals surface area contributed by atoms with Gasteiger partial charge in [-0.2, -0.15) is 10.1 Å². The molecule has 62 valence electrons. The first-order valence-electron chi connectivity index (χ1n) is 3.67. The topological polar surface area (TPSA) is 69.1 Å². The molecule has 12 heavy (non-hydrogen) atoms. The summed E-state index contributed by atoms with van der Waals surface area (Å²) in [5, 5.41) is 3.99. The van der Waals surface area contributed by atoms with Crippen LogP contribution in [0.4, 0.5) is 0 Å². The van der Waals surface area contributed by atoms with E-state index in [0.29, 0.717) is 12.3 Å². The highest BCUT2D eigenvalue weighted by Crippen LogP contribution is 2.02. The number of hydrogen-bond acceptors (Lipinski definition) is 4. The fourth-order valence-corrected chi connectivity index (χ4v) is 1.15. The monoisotopic (exact) mass is 163 g/mol. The standard InChI is InChI=1S/C7H9N5/c1-5-2-6(3-8)12-7(11-5)9-4-10-12/h2,4H,3,8H2,1H3. The summed E-state index contributed by atoms with van der Waals surface area (Å²) >= 11 is 0. The van der Waals surface area contributed by atoms with Crippen LogP contribution in [0.25, 0.3) is 5.78 Å². The molecular formula is C7H9N5. The summed E-state index contributed by atoms with van der Waals surface area (Å²) in [6, 6.07) is 1.90. The van der Waals surface area contributed by atoms with Crippen LogP contribution >= 0.6 is 0 Å². The normalized spacial score (nSPS) is 10.8. The maximum absolute atomic E-state index is 5.53. The Morgan fingerprint density at radius 1 is 1.58 bits per heavy atom. The SMILES string of the molecule is Cc1cc(CN)n2ncnc2n1. The van der Waals surface area contributed by atoms with Gasteiger partial charge in [-0.1, -0.05) is 0 Å². The molecule has 0 amide bonds. The quantitative estimate of drug-likeness (QED) is 0.637. The van der Waals surface area contributed by atoms with Crippen LogP contribution in [0.5, 0.6) is 0 Å². The first-order valence-corrected chi connectivity index (χ1v) is 3.67. The number of rotatable bonds is 1. The summed E-state index contributed by atoms with van der Waals surface area (Å²) in [7, 11) is 0. The Morgan fingerprint density at radius 3 is 3.17 bits per heavy atom. The number of aromatic nitrogens is 4. The lowest BCUT2D eigenvalue weighted by Gasteiger charge is -2.00. The van der Waals surface area contributed by atoms with Crippen LogP contribution in [0.1, 0.15) is 11.4 Å². The lowest BCUT2D eigenvalue weighted by Crippen LogP contribution is -2.07. The fraction of sp³-hybridized carbons (Fsp3) is 0.286. The van der Waals surface area contributed by atoms with Crippen molar-refractivity contribution in [3.05, 3.63) is 23.8 Å². The van der Waals surface area contributed by atoms with Crippen molar-refractivity contribution in [1.82, 2.24) is 19.6 Å². The highest BCUT2D eigenvalue weighted by Gasteiger charge is 2.02. The molecule has 0 aliphatic rings. The number of hydrogen-bond donors (Lipinski definition) is 1. The average Bonchev–Trinajstić information content (AvgIpc) is 2.50. The van der Waals surface area contributed by atoms with Crippen molar-refractivity contribution in [3.8, 4) is 0 Å². The van der Waals surface area contributed by atoms with Gasteiger partial charge < -0.3 is 5.73 Å². The van der Waals surface area contributed by atoms with E-state index in [9.17, 15) is 0 Å². The molecule has 0 saturated heterocycles. The maximum Gasteiger partial charge on any atom is 0.252 e. The van der Waals surface area contributed by atoms with Crippen molar-refractivity contribution in [3.63, 3.8) is 0 Å². The van der Waals surface area contributed by atoms with Gasteiger partial charge in [0.2, 0.25) is 0 Å². The van der Waals surface area contributed by atoms with E-state index in [2.05, 4.69) is 15.1 Å². The predicted molar refractivity (Wildman–Crippen MR) is 43.4 cm³/mol. The van der Waals surface area contributed by atoms with Crippen LogP contribution in [-0.2, 0) is 6.54 Å². The molecule has 0 fully saturated rings. The van der Waals surface area contributed by atoms with Gasteiger partial charge in [-0.25, -0.2) is 9.50 Å². The summed E-state index contributed by atoms with van der Waals surface area (Å²) in [6.45, 7) is 2.36. The van der Waals surface area contributed by atoms with Gasteiger partial charge in [-0.15, -0.1) is 0 Å². The van der Waals surface area contributed by atoms with E-state index in [1.165, 1.54) is 6.33 Å². The maximum atomic E-state index is 5.53. The lowest BCUT2D eigenvalue weighted by molar-refractivity contribution is 0.828. The van der Waals surface area contributed by atoms with Crippen molar-refractivity contribution in [1.29, 1.82) is 0 Å². The van der Waals surface area contributed by atoms with Crippen molar-refractivity contribution >= 4 is 5.78 Å². The third-order valence-corrected chi connectivity index (χ3v) is 1.66. The van der Waals surface area contributed by atoms with Crippen molar-refractivity contribution in [2.75, 3.05) is 0 Å². The third-order valence-electron chi connectivity index (χ3n) is 1.66. The molecule has 0 aliphatic carbocycles. The summed E-state index contributed by atoms with van der Waals surface area (Å²) in [6.07, 6.45) is 1.47. The van der Waals surface area contributed by atoms with Crippen LogP contribution in [0.3, 0.4) is 0 Å². The van der Waals surface area contributed by atoms with Gasteiger partial charge in [0.1, 0.15) is 6.33 Å². The van der Waals surface area contributed by atoms with E-state index in [0.717, 1.165) is 11.4 Å². The van der Waals surface area contributed by atoms with E-state index in [4.69, 9.17) is 5.73 Å². The Morgan fingerprint density at radius 2 is 2.42 bits per heavy atom. The third kappa shape index (κ3) is 0.947. The summed E-state index contributed by atoms with van der Waals surface area (Å²) in [5.74, 6) is 0.607. The van der Waals surface area contributed by atoms with Crippen LogP contribution in [0.2, 0.25) is 0 Å². The zero-order chi connectivity index (χ0) is 8.55. The Hall–Kier alpha value is -1.49. The summed E-state index contributed by atoms with van der Waals surface area (Å²) < 4.78 is 1.65. The van der Waals surface area contributed by atoms with Crippen LogP contribution in [-0.4, -0.2) is 19.6 Å². The van der Waals surface area contributed by atoms with E-state index in [-0.39, 0.29) is 0 Å². The molecule has 2 heterocycles. The molecule has 0 aliphatic heterocycles. The molecule has 0 atom stereocenters. The molecule has 2 rings (SSSR count). The zero-order valence-electron chi connectivity index (χ0n) is 6.73. The Kier molecular flexibility index (Phi) is 1.51. The number of nitrogens with zero attached hydrogens (tertiary/aromatic N) is 4. The van der Waals surface area contributed by atoms with Gasteiger partial charge in [0.15, 0.2) is 0 Å². The van der Waals surface area contributed by atoms with E-state index >= 15 is 0 Å². The van der Waals surface area contributed by atoms with Gasteiger partial charge in [0.25, 0.3) is 5.78 Å². The van der Waals surface area contributed by atoms with Crippen molar-refractivity contribution in [2.45, 2.75) is 13.5 Å². The first kappa shape index (κ1) is 7.17. The average molecular weight is 163 g/mol. The molecular weight excluding hydrogens is 154 g/mol. The molecule has 0 bridgehead atoms. The molecule has 0 radical (unpaired) electrons. The van der Waals surface area contributed by atoms with Gasteiger partial charge in [0, 0.05) is 12.2 Å². The van der Waals surface area contributed by atoms with Crippen LogP contribution in [0.15, 0.2) is 12.4 Å². The number of aryl methyl sites for hydroxylation is 1. The second-order valence-corrected chi connectivity index (χ2v) is 2.56. The molecule has 2 N–H and O–H groups in total. The molecule has 0 aromatic carbocycles. The van der Waals surface area contributed by atoms with E-state index in [1.807, 2.05) is 13.0 Å². The second kappa shape index (κ2) is 2.53. The van der Waals surface area contributed by atoms with Crippen LogP contribution in [0, 0.1) is 6.92 Å². The highest BCUT2D eigenvalue weighted by molar-refractivity contribution is 5.29. The molecule has 0 spiro atoms. The number of fused-ring (bicyclic) bond motifs is 1. The van der Waals surface area contributed by atoms with Crippen molar-refractivity contribution < 1.29 is 0 Å². The minimum absolute atomic E-state index is 0.448. The molecule has 0 saturated carbocycles. The highest BCUT2D eigenvalue weighted by atomic mass is 15.3. The van der Waals surface area contributed by atoms with Gasteiger partial charge in [0.05, 0.1) is 5.69 Å². The van der Waals surface area contributed by atoms with Gasteiger partial charge in [-0.3, -0.25) is 0 Å². The van der Waals surface area contributed by atoms with Crippen molar-refractivity contribution in [2.24, 2.45) is 5.73 Å². The smallest absolute Gasteiger partial charge is 0.252 e. The number of nitrogens with two attached hydrogens (primary N) is 1. The van der Waals surface area contributed by atoms with E-state index < -0.39 is 0 Å². The fourth-order valence-electron chi connectivity index (χ4n) is 1.15. The predicted octanol–water partition coefficient (Wildman–Crippen LogP) is -0.109. The molecule has 5 nitrogen and oxygen atoms in total. The molecule has 5 heteroatoms. The zero-order valence-corrected chi connectivity index (χ0v) is 6.73. The first-order chi connectivity index (χ1) is 5.81. The van der Waals surface area contributed by atoms with Gasteiger partial charge >= 0.3 is 0 Å². The summed E-state index contributed by atoms with van der Waals surface area (Å²) in [4.78, 5) is 8.15. The molecule has 2 aromatic heterocycles. The van der Waals surface area contributed by atoms with Crippen LogP contribution < -0.4 is 5.73 Å². The Labute approximate surface area is 69.2 Å².